The van der Waals surface area contributed by atoms with Crippen LogP contribution in [0.5, 0.6) is 0 Å². The van der Waals surface area contributed by atoms with Gasteiger partial charge in [0.1, 0.15) is 5.78 Å². The molecule has 0 saturated heterocycles. The van der Waals surface area contributed by atoms with Gasteiger partial charge in [0.05, 0.1) is 0 Å². The molecular formula is C18H20O. The van der Waals surface area contributed by atoms with E-state index in [0.717, 1.165) is 12.8 Å². The van der Waals surface area contributed by atoms with E-state index in [1.807, 2.05) is 0 Å². The van der Waals surface area contributed by atoms with E-state index in [0.29, 0.717) is 5.78 Å². The third-order valence-electron chi connectivity index (χ3n) is 4.35. The highest BCUT2D eigenvalue weighted by atomic mass is 16.1. The van der Waals surface area contributed by atoms with Crippen LogP contribution in [0.25, 0.3) is 10.8 Å². The lowest BCUT2D eigenvalue weighted by Gasteiger charge is -2.30. The van der Waals surface area contributed by atoms with Crippen molar-refractivity contribution in [1.29, 1.82) is 0 Å². The molecule has 0 bridgehead atoms. The first kappa shape index (κ1) is 12.4. The molecule has 1 atom stereocenters. The molecule has 1 unspecified atom stereocenters. The molecule has 0 fully saturated rings. The minimum Gasteiger partial charge on any atom is -0.299 e. The predicted molar refractivity (Wildman–Crippen MR) is 79.3 cm³/mol. The lowest BCUT2D eigenvalue weighted by Crippen LogP contribution is -2.34. The normalized spacial score (nSPS) is 22.1. The van der Waals surface area contributed by atoms with Gasteiger partial charge in [0.2, 0.25) is 0 Å². The molecule has 98 valence electrons. The van der Waals surface area contributed by atoms with Crippen LogP contribution < -0.4 is 0 Å². The van der Waals surface area contributed by atoms with E-state index in [9.17, 15) is 4.79 Å². The fourth-order valence-corrected chi connectivity index (χ4v) is 3.47. The maximum Gasteiger partial charge on any atom is 0.141 e. The molecule has 0 aliphatic heterocycles. The summed E-state index contributed by atoms with van der Waals surface area (Å²) in [5.41, 5.74) is 2.38. The molecular weight excluding hydrogens is 232 g/mol. The number of Topliss-reactive ketones (excluding diaryl/α,β-unsaturated/α-hetero) is 1. The molecule has 0 spiro atoms. The Morgan fingerprint density at radius 1 is 1.05 bits per heavy atom. The first-order chi connectivity index (χ1) is 8.99. The molecule has 3 rings (SSSR count). The molecule has 1 aliphatic carbocycles. The summed E-state index contributed by atoms with van der Waals surface area (Å²) in [6.45, 7) is 6.23. The first-order valence-corrected chi connectivity index (χ1v) is 7.03. The van der Waals surface area contributed by atoms with E-state index in [1.54, 1.807) is 0 Å². The Hall–Kier alpha value is -1.63. The monoisotopic (exact) mass is 252 g/mol. The number of benzene rings is 2. The fraction of sp³-hybridized carbons (Fsp3) is 0.389. The van der Waals surface area contributed by atoms with Gasteiger partial charge < -0.3 is 0 Å². The van der Waals surface area contributed by atoms with Crippen LogP contribution in [-0.4, -0.2) is 5.78 Å². The van der Waals surface area contributed by atoms with Gasteiger partial charge >= 0.3 is 0 Å². The van der Waals surface area contributed by atoms with E-state index in [4.69, 9.17) is 0 Å². The minimum absolute atomic E-state index is 0.106. The summed E-state index contributed by atoms with van der Waals surface area (Å²) in [7, 11) is 0. The number of hydrogen-bond acceptors (Lipinski definition) is 1. The number of carbonyl (C=O) groups is 1. The second-order valence-corrected chi connectivity index (χ2v) is 6.46. The topological polar surface area (TPSA) is 17.1 Å². The maximum absolute atomic E-state index is 12.5. The minimum atomic E-state index is -0.263. The molecule has 1 heteroatoms. The highest BCUT2D eigenvalue weighted by Crippen LogP contribution is 2.35. The third-order valence-corrected chi connectivity index (χ3v) is 4.35. The summed E-state index contributed by atoms with van der Waals surface area (Å²) in [5.74, 6) is 0.493. The molecule has 1 aliphatic rings. The van der Waals surface area contributed by atoms with Crippen molar-refractivity contribution in [2.24, 2.45) is 11.3 Å². The molecule has 0 radical (unpaired) electrons. The lowest BCUT2D eigenvalue weighted by molar-refractivity contribution is -0.130. The van der Waals surface area contributed by atoms with Gasteiger partial charge in [0, 0.05) is 11.3 Å². The van der Waals surface area contributed by atoms with Crippen LogP contribution in [0.1, 0.15) is 31.9 Å². The summed E-state index contributed by atoms with van der Waals surface area (Å²) in [4.78, 5) is 12.5. The molecule has 0 saturated carbocycles. The number of carbonyl (C=O) groups excluding carboxylic acids is 1. The molecule has 0 amide bonds. The number of rotatable bonds is 0. The van der Waals surface area contributed by atoms with Crippen LogP contribution in [0.3, 0.4) is 0 Å². The van der Waals surface area contributed by atoms with Crippen LogP contribution in [-0.2, 0) is 17.6 Å². The Balaban J connectivity index is 2.29. The Morgan fingerprint density at radius 2 is 1.68 bits per heavy atom. The summed E-state index contributed by atoms with van der Waals surface area (Å²) < 4.78 is 0. The van der Waals surface area contributed by atoms with Gasteiger partial charge in [0.25, 0.3) is 0 Å². The number of hydrogen-bond donors (Lipinski definition) is 0. The van der Waals surface area contributed by atoms with Crippen LogP contribution in [0.15, 0.2) is 36.4 Å². The summed E-state index contributed by atoms with van der Waals surface area (Å²) >= 11 is 0. The Labute approximate surface area is 114 Å². The zero-order valence-electron chi connectivity index (χ0n) is 11.9. The van der Waals surface area contributed by atoms with Crippen LogP contribution in [0, 0.1) is 11.3 Å². The molecule has 2 aromatic carbocycles. The SMILES string of the molecule is CC1Cc2cccc3cccc(c23)CC(C)(C)C1=O. The average Bonchev–Trinajstić information content (AvgIpc) is 2.37. The van der Waals surface area contributed by atoms with E-state index < -0.39 is 0 Å². The zero-order chi connectivity index (χ0) is 13.6. The van der Waals surface area contributed by atoms with E-state index >= 15 is 0 Å². The zero-order valence-corrected chi connectivity index (χ0v) is 11.9. The van der Waals surface area contributed by atoms with Gasteiger partial charge in [0.15, 0.2) is 0 Å². The molecule has 1 nitrogen and oxygen atoms in total. The summed E-state index contributed by atoms with van der Waals surface area (Å²) in [6.07, 6.45) is 1.70. The highest BCUT2D eigenvalue weighted by Gasteiger charge is 2.34. The standard InChI is InChI=1S/C18H20O/c1-12-10-14-8-4-6-13-7-5-9-15(16(13)14)11-18(2,3)17(12)19/h4-9,12H,10-11H2,1-3H3. The Bertz CT molecular complexity index is 647. The van der Waals surface area contributed by atoms with E-state index in [1.165, 1.54) is 21.9 Å². The van der Waals surface area contributed by atoms with Crippen molar-refractivity contribution in [3.8, 4) is 0 Å². The van der Waals surface area contributed by atoms with Crippen molar-refractivity contribution in [2.75, 3.05) is 0 Å². The highest BCUT2D eigenvalue weighted by molar-refractivity contribution is 5.93. The average molecular weight is 252 g/mol. The summed E-state index contributed by atoms with van der Waals surface area (Å²) in [5, 5.41) is 2.67. The second-order valence-electron chi connectivity index (χ2n) is 6.46. The first-order valence-electron chi connectivity index (χ1n) is 7.03. The van der Waals surface area contributed by atoms with Crippen molar-refractivity contribution in [3.63, 3.8) is 0 Å². The van der Waals surface area contributed by atoms with Gasteiger partial charge in [-0.25, -0.2) is 0 Å². The van der Waals surface area contributed by atoms with Crippen molar-refractivity contribution in [3.05, 3.63) is 47.5 Å². The van der Waals surface area contributed by atoms with Gasteiger partial charge in [-0.1, -0.05) is 57.2 Å². The van der Waals surface area contributed by atoms with Gasteiger partial charge in [-0.15, -0.1) is 0 Å². The number of ketones is 1. The molecule has 2 aromatic rings. The quantitative estimate of drug-likeness (QED) is 0.687. The Kier molecular flexibility index (Phi) is 2.74. The van der Waals surface area contributed by atoms with Crippen molar-refractivity contribution in [1.82, 2.24) is 0 Å². The van der Waals surface area contributed by atoms with Crippen LogP contribution >= 0.6 is 0 Å². The smallest absolute Gasteiger partial charge is 0.141 e. The van der Waals surface area contributed by atoms with Gasteiger partial charge in [-0.05, 0) is 34.7 Å². The van der Waals surface area contributed by atoms with Crippen molar-refractivity contribution in [2.45, 2.75) is 33.6 Å². The van der Waals surface area contributed by atoms with Crippen LogP contribution in [0.4, 0.5) is 0 Å². The molecule has 19 heavy (non-hydrogen) atoms. The summed E-state index contributed by atoms with van der Waals surface area (Å²) in [6, 6.07) is 12.9. The van der Waals surface area contributed by atoms with Crippen molar-refractivity contribution < 1.29 is 4.79 Å². The molecule has 0 heterocycles. The third kappa shape index (κ3) is 1.98. The van der Waals surface area contributed by atoms with Crippen LogP contribution in [0.2, 0.25) is 0 Å². The largest absolute Gasteiger partial charge is 0.299 e. The van der Waals surface area contributed by atoms with Gasteiger partial charge in [-0.2, -0.15) is 0 Å². The second kappa shape index (κ2) is 4.19. The Morgan fingerprint density at radius 3 is 2.37 bits per heavy atom. The van der Waals surface area contributed by atoms with Crippen molar-refractivity contribution >= 4 is 16.6 Å². The van der Waals surface area contributed by atoms with E-state index in [-0.39, 0.29) is 11.3 Å². The molecule has 0 N–H and O–H groups in total. The van der Waals surface area contributed by atoms with E-state index in [2.05, 4.69) is 57.2 Å². The lowest BCUT2D eigenvalue weighted by atomic mass is 9.72. The maximum atomic E-state index is 12.5. The fourth-order valence-electron chi connectivity index (χ4n) is 3.47. The molecule has 0 aromatic heterocycles. The van der Waals surface area contributed by atoms with Gasteiger partial charge in [-0.3, -0.25) is 4.79 Å². The predicted octanol–water partition coefficient (Wildman–Crippen LogP) is 4.17.